The third-order valence-corrected chi connectivity index (χ3v) is 6.49. The number of hydrogen-bond acceptors (Lipinski definition) is 9. The molecule has 0 aliphatic carbocycles. The molecular formula is C24H26N6O5S. The van der Waals surface area contributed by atoms with Crippen molar-refractivity contribution in [3.05, 3.63) is 57.1 Å². The maximum atomic E-state index is 12.7. The van der Waals surface area contributed by atoms with E-state index in [0.29, 0.717) is 34.2 Å². The average molecular weight is 511 g/mol. The van der Waals surface area contributed by atoms with Gasteiger partial charge in [0.25, 0.3) is 11.5 Å². The van der Waals surface area contributed by atoms with Crippen molar-refractivity contribution in [2.75, 3.05) is 27.9 Å². The van der Waals surface area contributed by atoms with Crippen molar-refractivity contribution >= 4 is 17.2 Å². The minimum atomic E-state index is -0.362. The van der Waals surface area contributed by atoms with Gasteiger partial charge >= 0.3 is 0 Å². The van der Waals surface area contributed by atoms with Gasteiger partial charge in [0.1, 0.15) is 11.4 Å². The highest BCUT2D eigenvalue weighted by Crippen LogP contribution is 2.40. The van der Waals surface area contributed by atoms with Crippen LogP contribution >= 0.6 is 11.3 Å². The van der Waals surface area contributed by atoms with Gasteiger partial charge in [-0.2, -0.15) is 10.2 Å². The van der Waals surface area contributed by atoms with Crippen LogP contribution in [0.1, 0.15) is 21.2 Å². The number of aryl methyl sites for hydroxylation is 2. The SMILES string of the molecule is COc1cc(-c2cc(C(=O)NCCn3nc(-c4sc(C)nc4C)ccc3=O)[nH]n2)cc(OC)c1OC. The smallest absolute Gasteiger partial charge is 0.269 e. The number of carbonyl (C=O) groups is 1. The molecule has 4 rings (SSSR count). The molecule has 3 heterocycles. The quantitative estimate of drug-likeness (QED) is 0.351. The normalized spacial score (nSPS) is 10.8. The lowest BCUT2D eigenvalue weighted by molar-refractivity contribution is 0.0946. The highest BCUT2D eigenvalue weighted by atomic mass is 32.1. The number of H-pyrrole nitrogens is 1. The van der Waals surface area contributed by atoms with Crippen molar-refractivity contribution in [3.8, 4) is 39.1 Å². The Morgan fingerprint density at radius 3 is 2.39 bits per heavy atom. The van der Waals surface area contributed by atoms with Crippen LogP contribution in [0.25, 0.3) is 21.8 Å². The monoisotopic (exact) mass is 510 g/mol. The van der Waals surface area contributed by atoms with E-state index in [-0.39, 0.29) is 30.2 Å². The fourth-order valence-corrected chi connectivity index (χ4v) is 4.57. The van der Waals surface area contributed by atoms with Crippen LogP contribution in [0.4, 0.5) is 0 Å². The van der Waals surface area contributed by atoms with Crippen molar-refractivity contribution in [1.82, 2.24) is 30.3 Å². The third kappa shape index (κ3) is 5.08. The zero-order valence-corrected chi connectivity index (χ0v) is 21.4. The molecule has 0 spiro atoms. The van der Waals surface area contributed by atoms with E-state index in [2.05, 4.69) is 25.6 Å². The van der Waals surface area contributed by atoms with Crippen LogP contribution in [0.2, 0.25) is 0 Å². The molecule has 4 aromatic rings. The Bertz CT molecular complexity index is 1430. The van der Waals surface area contributed by atoms with Crippen LogP contribution in [0.3, 0.4) is 0 Å². The largest absolute Gasteiger partial charge is 0.493 e. The second-order valence-electron chi connectivity index (χ2n) is 7.76. The minimum absolute atomic E-state index is 0.203. The summed E-state index contributed by atoms with van der Waals surface area (Å²) < 4.78 is 17.4. The van der Waals surface area contributed by atoms with E-state index in [1.165, 1.54) is 43.4 Å². The van der Waals surface area contributed by atoms with Crippen LogP contribution in [-0.4, -0.2) is 58.7 Å². The van der Waals surface area contributed by atoms with E-state index in [9.17, 15) is 9.59 Å². The van der Waals surface area contributed by atoms with Crippen molar-refractivity contribution in [1.29, 1.82) is 0 Å². The Hall–Kier alpha value is -4.19. The molecule has 0 saturated heterocycles. The number of benzene rings is 1. The van der Waals surface area contributed by atoms with Crippen molar-refractivity contribution in [2.45, 2.75) is 20.4 Å². The number of carbonyl (C=O) groups excluding carboxylic acids is 1. The number of amides is 1. The Balaban J connectivity index is 1.45. The summed E-state index contributed by atoms with van der Waals surface area (Å²) >= 11 is 1.52. The van der Waals surface area contributed by atoms with E-state index < -0.39 is 0 Å². The van der Waals surface area contributed by atoms with Gasteiger partial charge in [-0.3, -0.25) is 14.7 Å². The zero-order valence-electron chi connectivity index (χ0n) is 20.5. The van der Waals surface area contributed by atoms with Crippen LogP contribution in [-0.2, 0) is 6.54 Å². The first-order valence-corrected chi connectivity index (χ1v) is 11.8. The molecule has 188 valence electrons. The highest BCUT2D eigenvalue weighted by Gasteiger charge is 2.17. The molecular weight excluding hydrogens is 484 g/mol. The molecule has 0 saturated carbocycles. The van der Waals surface area contributed by atoms with Gasteiger partial charge in [-0.15, -0.1) is 11.3 Å². The molecule has 3 aromatic heterocycles. The van der Waals surface area contributed by atoms with E-state index in [1.54, 1.807) is 24.3 Å². The first-order chi connectivity index (χ1) is 17.3. The summed E-state index contributed by atoms with van der Waals surface area (Å²) in [4.78, 5) is 30.3. The number of methoxy groups -OCH3 is 3. The highest BCUT2D eigenvalue weighted by molar-refractivity contribution is 7.15. The maximum Gasteiger partial charge on any atom is 0.269 e. The summed E-state index contributed by atoms with van der Waals surface area (Å²) in [5.74, 6) is 1.06. The molecule has 2 N–H and O–H groups in total. The van der Waals surface area contributed by atoms with Gasteiger partial charge in [0.2, 0.25) is 5.75 Å². The van der Waals surface area contributed by atoms with Crippen molar-refractivity contribution < 1.29 is 19.0 Å². The molecule has 0 fully saturated rings. The van der Waals surface area contributed by atoms with Crippen molar-refractivity contribution in [2.24, 2.45) is 0 Å². The molecule has 0 atom stereocenters. The summed E-state index contributed by atoms with van der Waals surface area (Å²) in [6, 6.07) is 8.27. The van der Waals surface area contributed by atoms with Gasteiger partial charge in [-0.25, -0.2) is 9.67 Å². The zero-order chi connectivity index (χ0) is 25.8. The standard InChI is InChI=1S/C24H26N6O5S/c1-13-23(36-14(2)26-13)16-6-7-21(31)30(29-16)9-8-25-24(32)18-12-17(27-28-18)15-10-19(33-3)22(35-5)20(11-15)34-4/h6-7,10-12H,8-9H2,1-5H3,(H,25,32)(H,27,28). The number of aromatic amines is 1. The lowest BCUT2D eigenvalue weighted by atomic mass is 10.1. The predicted molar refractivity (Wildman–Crippen MR) is 135 cm³/mol. The molecule has 11 nitrogen and oxygen atoms in total. The number of thiazole rings is 1. The second-order valence-corrected chi connectivity index (χ2v) is 8.97. The summed E-state index contributed by atoms with van der Waals surface area (Å²) in [6.07, 6.45) is 0. The van der Waals surface area contributed by atoms with Crippen LogP contribution < -0.4 is 25.1 Å². The molecule has 36 heavy (non-hydrogen) atoms. The second kappa shape index (κ2) is 10.6. The first-order valence-electron chi connectivity index (χ1n) is 11.0. The molecule has 0 bridgehead atoms. The fourth-order valence-electron chi connectivity index (χ4n) is 3.68. The molecule has 12 heteroatoms. The Labute approximate surface area is 211 Å². The third-order valence-electron chi connectivity index (χ3n) is 5.39. The summed E-state index contributed by atoms with van der Waals surface area (Å²) in [7, 11) is 4.58. The summed E-state index contributed by atoms with van der Waals surface area (Å²) in [6.45, 7) is 4.25. The summed E-state index contributed by atoms with van der Waals surface area (Å²) in [5.41, 5.74) is 2.76. The van der Waals surface area contributed by atoms with Gasteiger partial charge in [0, 0.05) is 18.2 Å². The number of aromatic nitrogens is 5. The van der Waals surface area contributed by atoms with E-state index in [0.717, 1.165) is 15.6 Å². The number of nitrogens with zero attached hydrogens (tertiary/aromatic N) is 4. The Kier molecular flexibility index (Phi) is 7.34. The molecule has 0 aliphatic rings. The predicted octanol–water partition coefficient (Wildman–Crippen LogP) is 2.83. The topological polar surface area (TPSA) is 133 Å². The molecule has 0 unspecified atom stereocenters. The van der Waals surface area contributed by atoms with Crippen molar-refractivity contribution in [3.63, 3.8) is 0 Å². The van der Waals surface area contributed by atoms with Gasteiger partial charge in [0.05, 0.1) is 49.1 Å². The molecule has 1 amide bonds. The van der Waals surface area contributed by atoms with Gasteiger partial charge < -0.3 is 19.5 Å². The first kappa shape index (κ1) is 24.9. The Morgan fingerprint density at radius 2 is 1.78 bits per heavy atom. The molecule has 0 radical (unpaired) electrons. The Morgan fingerprint density at radius 1 is 1.06 bits per heavy atom. The van der Waals surface area contributed by atoms with Crippen LogP contribution in [0, 0.1) is 13.8 Å². The number of nitrogens with one attached hydrogen (secondary N) is 2. The fraction of sp³-hybridized carbons (Fsp3) is 0.292. The molecule has 0 aliphatic heterocycles. The van der Waals surface area contributed by atoms with E-state index in [4.69, 9.17) is 14.2 Å². The minimum Gasteiger partial charge on any atom is -0.493 e. The number of rotatable bonds is 9. The summed E-state index contributed by atoms with van der Waals surface area (Å²) in [5, 5.41) is 15.1. The lowest BCUT2D eigenvalue weighted by Crippen LogP contribution is -2.32. The maximum absolute atomic E-state index is 12.7. The van der Waals surface area contributed by atoms with E-state index >= 15 is 0 Å². The number of hydrogen-bond donors (Lipinski definition) is 2. The van der Waals surface area contributed by atoms with Crippen LogP contribution in [0.15, 0.2) is 35.1 Å². The van der Waals surface area contributed by atoms with E-state index in [1.807, 2.05) is 13.8 Å². The van der Waals surface area contributed by atoms with Gasteiger partial charge in [0.15, 0.2) is 11.5 Å². The average Bonchev–Trinajstić information content (AvgIpc) is 3.50. The molecule has 1 aromatic carbocycles. The van der Waals surface area contributed by atoms with Crippen LogP contribution in [0.5, 0.6) is 17.2 Å². The van der Waals surface area contributed by atoms with Gasteiger partial charge in [-0.1, -0.05) is 0 Å². The lowest BCUT2D eigenvalue weighted by Gasteiger charge is -2.13. The number of ether oxygens (including phenoxy) is 3. The van der Waals surface area contributed by atoms with Gasteiger partial charge in [-0.05, 0) is 38.1 Å².